The van der Waals surface area contributed by atoms with Crippen molar-refractivity contribution in [3.05, 3.63) is 60.0 Å². The highest BCUT2D eigenvalue weighted by Gasteiger charge is 2.32. The largest absolute Gasteiger partial charge is 0.467 e. The van der Waals surface area contributed by atoms with Gasteiger partial charge in [0.15, 0.2) is 0 Å². The summed E-state index contributed by atoms with van der Waals surface area (Å²) in [5, 5.41) is 9.57. The minimum Gasteiger partial charge on any atom is -0.467 e. The molecule has 1 aliphatic rings. The Hall–Kier alpha value is -4.41. The molecule has 3 aromatic rings. The predicted octanol–water partition coefficient (Wildman–Crippen LogP) is 3.74. The zero-order valence-electron chi connectivity index (χ0n) is 26.9. The molecule has 0 bridgehead atoms. The van der Waals surface area contributed by atoms with Crippen molar-refractivity contribution in [1.82, 2.24) is 25.9 Å². The van der Waals surface area contributed by atoms with E-state index in [4.69, 9.17) is 4.74 Å². The van der Waals surface area contributed by atoms with E-state index in [2.05, 4.69) is 30.8 Å². The predicted molar refractivity (Wildman–Crippen MR) is 174 cm³/mol. The van der Waals surface area contributed by atoms with Crippen LogP contribution in [0.5, 0.6) is 0 Å². The maximum absolute atomic E-state index is 13.9. The van der Waals surface area contributed by atoms with Crippen molar-refractivity contribution in [2.75, 3.05) is 25.1 Å². The third kappa shape index (κ3) is 8.83. The number of rotatable bonds is 14. The number of aromatic nitrogens is 2. The van der Waals surface area contributed by atoms with Crippen LogP contribution >= 0.6 is 0 Å². The SMILES string of the molecule is COC(=O)[C@H](CC(C)C)NC(=O)[C@H](Cc1c[nH]c2ccccc12)NC(=O)[C@H](CC(C)C)NC(=O)c1cnccc1N1CCCC1. The Morgan fingerprint density at radius 3 is 2.22 bits per heavy atom. The molecule has 45 heavy (non-hydrogen) atoms. The van der Waals surface area contributed by atoms with Gasteiger partial charge in [0.25, 0.3) is 5.91 Å². The number of nitrogens with one attached hydrogen (secondary N) is 4. The number of fused-ring (bicyclic) bond motifs is 1. The van der Waals surface area contributed by atoms with Gasteiger partial charge in [-0.05, 0) is 55.2 Å². The molecule has 0 saturated carbocycles. The molecule has 0 radical (unpaired) electrons. The number of carbonyl (C=O) groups is 4. The Morgan fingerprint density at radius 1 is 0.889 bits per heavy atom. The van der Waals surface area contributed by atoms with Crippen LogP contribution in [0.15, 0.2) is 48.9 Å². The molecule has 3 amide bonds. The van der Waals surface area contributed by atoms with E-state index in [1.165, 1.54) is 13.3 Å². The smallest absolute Gasteiger partial charge is 0.328 e. The molecule has 4 rings (SSSR count). The van der Waals surface area contributed by atoms with Crippen LogP contribution in [-0.2, 0) is 25.5 Å². The molecule has 0 unspecified atom stereocenters. The highest BCUT2D eigenvalue weighted by Crippen LogP contribution is 2.24. The number of hydrogen-bond acceptors (Lipinski definition) is 7. The summed E-state index contributed by atoms with van der Waals surface area (Å²) in [6, 6.07) is 6.73. The topological polar surface area (TPSA) is 146 Å². The third-order valence-electron chi connectivity index (χ3n) is 8.06. The van der Waals surface area contributed by atoms with Crippen molar-refractivity contribution in [2.24, 2.45) is 11.8 Å². The number of benzene rings is 1. The van der Waals surface area contributed by atoms with Crippen LogP contribution in [0.25, 0.3) is 10.9 Å². The van der Waals surface area contributed by atoms with Crippen molar-refractivity contribution >= 4 is 40.3 Å². The molecule has 1 fully saturated rings. The molecule has 3 atom stereocenters. The number of ether oxygens (including phenoxy) is 1. The minimum atomic E-state index is -1.03. The quantitative estimate of drug-likeness (QED) is 0.201. The molecular formula is C34H46N6O5. The monoisotopic (exact) mass is 618 g/mol. The van der Waals surface area contributed by atoms with E-state index < -0.39 is 41.8 Å². The lowest BCUT2D eigenvalue weighted by atomic mass is 9.99. The highest BCUT2D eigenvalue weighted by atomic mass is 16.5. The summed E-state index contributed by atoms with van der Waals surface area (Å²) >= 11 is 0. The standard InChI is InChI=1S/C34H46N6O5/c1-21(2)16-27(37-31(41)25-20-35-13-12-30(25)40-14-8-9-15-40)32(42)38-28(18-23-19-36-26-11-7-6-10-24(23)26)33(43)39-29(17-22(3)4)34(44)45-5/h6-7,10-13,19-22,27-29,36H,8-9,14-18H2,1-5H3,(H,37,41)(H,38,42)(H,39,43)/t27-,28-,29-/m0/s1. The molecule has 11 heteroatoms. The Bertz CT molecular complexity index is 1480. The second-order valence-corrected chi connectivity index (χ2v) is 12.6. The number of nitrogens with zero attached hydrogens (tertiary/aromatic N) is 2. The van der Waals surface area contributed by atoms with Gasteiger partial charge in [0, 0.05) is 49.0 Å². The maximum atomic E-state index is 13.9. The van der Waals surface area contributed by atoms with Crippen LogP contribution in [-0.4, -0.2) is 72.0 Å². The number of carbonyl (C=O) groups excluding carboxylic acids is 4. The van der Waals surface area contributed by atoms with Crippen LogP contribution in [0.2, 0.25) is 0 Å². The molecule has 4 N–H and O–H groups in total. The summed E-state index contributed by atoms with van der Waals surface area (Å²) < 4.78 is 4.95. The van der Waals surface area contributed by atoms with E-state index in [0.29, 0.717) is 18.4 Å². The summed E-state index contributed by atoms with van der Waals surface area (Å²) in [5.41, 5.74) is 2.93. The molecule has 1 aliphatic heterocycles. The molecule has 1 aromatic carbocycles. The average Bonchev–Trinajstić information content (AvgIpc) is 3.70. The lowest BCUT2D eigenvalue weighted by Gasteiger charge is -2.26. The van der Waals surface area contributed by atoms with Gasteiger partial charge in [0.2, 0.25) is 11.8 Å². The van der Waals surface area contributed by atoms with E-state index in [-0.39, 0.29) is 18.3 Å². The van der Waals surface area contributed by atoms with Crippen molar-refractivity contribution in [1.29, 1.82) is 0 Å². The van der Waals surface area contributed by atoms with Crippen molar-refractivity contribution in [3.8, 4) is 0 Å². The Labute approximate surface area is 264 Å². The molecule has 3 heterocycles. The van der Waals surface area contributed by atoms with Gasteiger partial charge >= 0.3 is 5.97 Å². The summed E-state index contributed by atoms with van der Waals surface area (Å²) in [5.74, 6) is -1.76. The average molecular weight is 619 g/mol. The normalized spacial score (nSPS) is 15.1. The van der Waals surface area contributed by atoms with Crippen molar-refractivity contribution in [3.63, 3.8) is 0 Å². The zero-order chi connectivity index (χ0) is 32.5. The lowest BCUT2D eigenvalue weighted by Crippen LogP contribution is -2.57. The van der Waals surface area contributed by atoms with Crippen LogP contribution in [0.3, 0.4) is 0 Å². The Morgan fingerprint density at radius 2 is 1.53 bits per heavy atom. The third-order valence-corrected chi connectivity index (χ3v) is 8.06. The van der Waals surface area contributed by atoms with Crippen LogP contribution < -0.4 is 20.9 Å². The van der Waals surface area contributed by atoms with E-state index in [0.717, 1.165) is 48.1 Å². The number of amides is 3. The molecule has 1 saturated heterocycles. The van der Waals surface area contributed by atoms with Gasteiger partial charge in [0.05, 0.1) is 18.4 Å². The first kappa shape index (κ1) is 33.5. The van der Waals surface area contributed by atoms with Crippen molar-refractivity contribution < 1.29 is 23.9 Å². The van der Waals surface area contributed by atoms with Gasteiger partial charge in [-0.15, -0.1) is 0 Å². The first-order valence-electron chi connectivity index (χ1n) is 15.8. The summed E-state index contributed by atoms with van der Waals surface area (Å²) in [6.07, 6.45) is 8.02. The van der Waals surface area contributed by atoms with Crippen LogP contribution in [0, 0.1) is 11.8 Å². The first-order chi connectivity index (χ1) is 21.6. The molecular weight excluding hydrogens is 572 g/mol. The fourth-order valence-electron chi connectivity index (χ4n) is 5.84. The molecule has 0 aliphatic carbocycles. The number of anilines is 1. The number of methoxy groups -OCH3 is 1. The summed E-state index contributed by atoms with van der Waals surface area (Å²) in [7, 11) is 1.28. The van der Waals surface area contributed by atoms with Gasteiger partial charge in [-0.1, -0.05) is 45.9 Å². The van der Waals surface area contributed by atoms with Crippen LogP contribution in [0.1, 0.15) is 69.3 Å². The van der Waals surface area contributed by atoms with Crippen molar-refractivity contribution in [2.45, 2.75) is 77.9 Å². The number of aromatic amines is 1. The fourth-order valence-corrected chi connectivity index (χ4v) is 5.84. The Kier molecular flexibility index (Phi) is 11.6. The number of para-hydroxylation sites is 1. The molecule has 242 valence electrons. The highest BCUT2D eigenvalue weighted by molar-refractivity contribution is 6.02. The van der Waals surface area contributed by atoms with E-state index in [1.54, 1.807) is 6.20 Å². The second kappa shape index (κ2) is 15.5. The maximum Gasteiger partial charge on any atom is 0.328 e. The number of H-pyrrole nitrogens is 1. The Balaban J connectivity index is 1.59. The van der Waals surface area contributed by atoms with Gasteiger partial charge in [-0.3, -0.25) is 19.4 Å². The van der Waals surface area contributed by atoms with E-state index in [9.17, 15) is 19.2 Å². The summed E-state index contributed by atoms with van der Waals surface area (Å²) in [6.45, 7) is 9.54. The first-order valence-corrected chi connectivity index (χ1v) is 15.8. The number of hydrogen-bond donors (Lipinski definition) is 4. The fraction of sp³-hybridized carbons (Fsp3) is 0.500. The minimum absolute atomic E-state index is 0.0728. The lowest BCUT2D eigenvalue weighted by molar-refractivity contribution is -0.145. The van der Waals surface area contributed by atoms with Gasteiger partial charge in [0.1, 0.15) is 18.1 Å². The molecule has 11 nitrogen and oxygen atoms in total. The summed E-state index contributed by atoms with van der Waals surface area (Å²) in [4.78, 5) is 63.4. The molecule has 2 aromatic heterocycles. The van der Waals surface area contributed by atoms with Crippen LogP contribution in [0.4, 0.5) is 5.69 Å². The van der Waals surface area contributed by atoms with Gasteiger partial charge in [-0.2, -0.15) is 0 Å². The number of pyridine rings is 1. The van der Waals surface area contributed by atoms with E-state index in [1.807, 2.05) is 64.2 Å². The zero-order valence-corrected chi connectivity index (χ0v) is 26.9. The van der Waals surface area contributed by atoms with Gasteiger partial charge < -0.3 is 30.6 Å². The van der Waals surface area contributed by atoms with E-state index >= 15 is 0 Å². The molecule has 0 spiro atoms. The second-order valence-electron chi connectivity index (χ2n) is 12.6. The number of esters is 1. The van der Waals surface area contributed by atoms with Gasteiger partial charge in [-0.25, -0.2) is 4.79 Å².